The summed E-state index contributed by atoms with van der Waals surface area (Å²) < 4.78 is 0. The largest absolute Gasteiger partial charge is 0.396 e. The van der Waals surface area contributed by atoms with E-state index in [4.69, 9.17) is 46.4 Å². The van der Waals surface area contributed by atoms with Crippen LogP contribution in [0.15, 0.2) is 36.4 Å². The van der Waals surface area contributed by atoms with Crippen LogP contribution in [-0.2, 0) is 6.42 Å². The summed E-state index contributed by atoms with van der Waals surface area (Å²) in [6.07, 6.45) is 0.577. The first-order chi connectivity index (χ1) is 9.51. The zero-order valence-electron chi connectivity index (χ0n) is 10.4. The molecule has 0 amide bonds. The van der Waals surface area contributed by atoms with Gasteiger partial charge in [-0.3, -0.25) is 0 Å². The molecule has 0 spiro atoms. The quantitative estimate of drug-likeness (QED) is 0.759. The maximum Gasteiger partial charge on any atom is 0.0503 e. The van der Waals surface area contributed by atoms with Crippen molar-refractivity contribution in [2.75, 3.05) is 6.61 Å². The number of rotatable bonds is 4. The minimum absolute atomic E-state index is 0.0275. The highest BCUT2D eigenvalue weighted by Gasteiger charge is 2.16. The van der Waals surface area contributed by atoms with E-state index in [1.54, 1.807) is 24.3 Å². The van der Waals surface area contributed by atoms with Gasteiger partial charge >= 0.3 is 0 Å². The van der Waals surface area contributed by atoms with Gasteiger partial charge in [-0.25, -0.2) is 0 Å². The van der Waals surface area contributed by atoms with Gasteiger partial charge < -0.3 is 5.11 Å². The molecule has 20 heavy (non-hydrogen) atoms. The third-order valence-corrected chi connectivity index (χ3v) is 4.25. The molecule has 1 nitrogen and oxygen atoms in total. The van der Waals surface area contributed by atoms with Crippen molar-refractivity contribution in [2.24, 2.45) is 0 Å². The Balaban J connectivity index is 2.28. The SMILES string of the molecule is OCC(Cc1ccc(Cl)cc1Cl)c1ccc(Cl)cc1Cl. The van der Waals surface area contributed by atoms with Crippen LogP contribution < -0.4 is 0 Å². The molecule has 0 saturated carbocycles. The molecule has 0 aliphatic heterocycles. The van der Waals surface area contributed by atoms with E-state index in [-0.39, 0.29) is 12.5 Å². The first-order valence-corrected chi connectivity index (χ1v) is 7.52. The molecule has 1 unspecified atom stereocenters. The van der Waals surface area contributed by atoms with Gasteiger partial charge in [0.05, 0.1) is 6.61 Å². The molecule has 0 aromatic heterocycles. The Labute approximate surface area is 138 Å². The van der Waals surface area contributed by atoms with Crippen molar-refractivity contribution in [2.45, 2.75) is 12.3 Å². The van der Waals surface area contributed by atoms with Crippen molar-refractivity contribution in [3.05, 3.63) is 67.6 Å². The molecule has 1 N–H and O–H groups in total. The Morgan fingerprint density at radius 1 is 0.850 bits per heavy atom. The summed E-state index contributed by atoms with van der Waals surface area (Å²) in [6.45, 7) is -0.0275. The second-order valence-corrected chi connectivity index (χ2v) is 6.17. The molecule has 0 bridgehead atoms. The fourth-order valence-corrected chi connectivity index (χ4v) is 3.11. The van der Waals surface area contributed by atoms with E-state index in [2.05, 4.69) is 0 Å². The average molecular weight is 350 g/mol. The predicted octanol–water partition coefficient (Wildman–Crippen LogP) is 5.62. The van der Waals surface area contributed by atoms with E-state index in [0.717, 1.165) is 11.1 Å². The molecule has 0 saturated heterocycles. The summed E-state index contributed by atoms with van der Waals surface area (Å²) in [4.78, 5) is 0. The van der Waals surface area contributed by atoms with E-state index in [1.807, 2.05) is 12.1 Å². The van der Waals surface area contributed by atoms with Gasteiger partial charge in [0, 0.05) is 26.0 Å². The molecule has 0 aliphatic rings. The lowest BCUT2D eigenvalue weighted by molar-refractivity contribution is 0.264. The molecule has 0 fully saturated rings. The van der Waals surface area contributed by atoms with Gasteiger partial charge in [-0.05, 0) is 41.8 Å². The van der Waals surface area contributed by atoms with Crippen molar-refractivity contribution in [3.63, 3.8) is 0 Å². The molecule has 106 valence electrons. The number of hydrogen-bond donors (Lipinski definition) is 1. The molecule has 2 aromatic carbocycles. The Morgan fingerprint density at radius 3 is 2.00 bits per heavy atom. The highest BCUT2D eigenvalue weighted by molar-refractivity contribution is 6.35. The monoisotopic (exact) mass is 348 g/mol. The van der Waals surface area contributed by atoms with Gasteiger partial charge in [-0.2, -0.15) is 0 Å². The Morgan fingerprint density at radius 2 is 1.45 bits per heavy atom. The van der Waals surface area contributed by atoms with Gasteiger partial charge in [0.2, 0.25) is 0 Å². The molecule has 1 atom stereocenters. The minimum Gasteiger partial charge on any atom is -0.396 e. The molecule has 2 rings (SSSR count). The van der Waals surface area contributed by atoms with E-state index in [1.165, 1.54) is 0 Å². The minimum atomic E-state index is -0.140. The summed E-state index contributed by atoms with van der Waals surface area (Å²) in [5, 5.41) is 11.9. The van der Waals surface area contributed by atoms with Crippen molar-refractivity contribution >= 4 is 46.4 Å². The summed E-state index contributed by atoms with van der Waals surface area (Å²) in [5.74, 6) is -0.140. The Hall–Kier alpha value is -0.440. The molecule has 5 heteroatoms. The number of aliphatic hydroxyl groups is 1. The lowest BCUT2D eigenvalue weighted by Crippen LogP contribution is -2.09. The standard InChI is InChI=1S/C15H12Cl4O/c16-11-2-1-9(14(18)6-11)5-10(8-20)13-4-3-12(17)7-15(13)19/h1-4,6-7,10,20H,5,8H2. The molecule has 0 heterocycles. The normalized spacial score (nSPS) is 12.4. The molecule has 2 aromatic rings. The second kappa shape index (κ2) is 7.02. The van der Waals surface area contributed by atoms with Gasteiger partial charge in [0.1, 0.15) is 0 Å². The van der Waals surface area contributed by atoms with Crippen molar-refractivity contribution in [1.82, 2.24) is 0 Å². The van der Waals surface area contributed by atoms with Crippen LogP contribution in [0, 0.1) is 0 Å². The third-order valence-electron chi connectivity index (χ3n) is 3.10. The van der Waals surface area contributed by atoms with E-state index < -0.39 is 0 Å². The molecule has 0 aliphatic carbocycles. The van der Waals surface area contributed by atoms with Crippen LogP contribution in [0.1, 0.15) is 17.0 Å². The van der Waals surface area contributed by atoms with E-state index in [0.29, 0.717) is 26.5 Å². The lowest BCUT2D eigenvalue weighted by atomic mass is 9.92. The maximum atomic E-state index is 9.62. The number of halogens is 4. The first-order valence-electron chi connectivity index (χ1n) is 6.01. The number of benzene rings is 2. The first kappa shape index (κ1) is 15.9. The Bertz CT molecular complexity index is 613. The van der Waals surface area contributed by atoms with Gasteiger partial charge in [0.15, 0.2) is 0 Å². The highest BCUT2D eigenvalue weighted by Crippen LogP contribution is 2.32. The smallest absolute Gasteiger partial charge is 0.0503 e. The summed E-state index contributed by atoms with van der Waals surface area (Å²) in [6, 6.07) is 10.6. The van der Waals surface area contributed by atoms with Crippen molar-refractivity contribution in [1.29, 1.82) is 0 Å². The van der Waals surface area contributed by atoms with Gasteiger partial charge in [-0.15, -0.1) is 0 Å². The van der Waals surface area contributed by atoms with Crippen LogP contribution in [0.5, 0.6) is 0 Å². The topological polar surface area (TPSA) is 20.2 Å². The van der Waals surface area contributed by atoms with Crippen LogP contribution >= 0.6 is 46.4 Å². The number of aliphatic hydroxyl groups excluding tert-OH is 1. The molecule has 0 radical (unpaired) electrons. The van der Waals surface area contributed by atoms with Gasteiger partial charge in [0.25, 0.3) is 0 Å². The predicted molar refractivity (Wildman–Crippen MR) is 86.5 cm³/mol. The maximum absolute atomic E-state index is 9.62. The zero-order valence-corrected chi connectivity index (χ0v) is 13.4. The third kappa shape index (κ3) is 3.81. The fourth-order valence-electron chi connectivity index (χ4n) is 2.06. The van der Waals surface area contributed by atoms with Crippen LogP contribution in [-0.4, -0.2) is 11.7 Å². The zero-order chi connectivity index (χ0) is 14.7. The summed E-state index contributed by atoms with van der Waals surface area (Å²) in [7, 11) is 0. The van der Waals surface area contributed by atoms with Crippen molar-refractivity contribution < 1.29 is 5.11 Å². The highest BCUT2D eigenvalue weighted by atomic mass is 35.5. The van der Waals surface area contributed by atoms with Crippen LogP contribution in [0.2, 0.25) is 20.1 Å². The Kier molecular flexibility index (Phi) is 5.59. The van der Waals surface area contributed by atoms with Gasteiger partial charge in [-0.1, -0.05) is 58.5 Å². The van der Waals surface area contributed by atoms with Crippen LogP contribution in [0.3, 0.4) is 0 Å². The van der Waals surface area contributed by atoms with E-state index >= 15 is 0 Å². The summed E-state index contributed by atoms with van der Waals surface area (Å²) in [5.41, 5.74) is 1.77. The molecular weight excluding hydrogens is 338 g/mol. The van der Waals surface area contributed by atoms with Crippen LogP contribution in [0.4, 0.5) is 0 Å². The van der Waals surface area contributed by atoms with E-state index in [9.17, 15) is 5.11 Å². The molecular formula is C15H12Cl4O. The average Bonchev–Trinajstić information content (AvgIpc) is 2.39. The van der Waals surface area contributed by atoms with Crippen molar-refractivity contribution in [3.8, 4) is 0 Å². The fraction of sp³-hybridized carbons (Fsp3) is 0.200. The lowest BCUT2D eigenvalue weighted by Gasteiger charge is -2.17. The number of hydrogen-bond acceptors (Lipinski definition) is 1. The van der Waals surface area contributed by atoms with Crippen LogP contribution in [0.25, 0.3) is 0 Å². The summed E-state index contributed by atoms with van der Waals surface area (Å²) >= 11 is 24.1. The second-order valence-electron chi connectivity index (χ2n) is 4.49.